The van der Waals surface area contributed by atoms with Crippen molar-refractivity contribution in [3.05, 3.63) is 57.6 Å². The van der Waals surface area contributed by atoms with Gasteiger partial charge in [0.2, 0.25) is 0 Å². The lowest BCUT2D eigenvalue weighted by atomic mass is 10.2. The van der Waals surface area contributed by atoms with Crippen LogP contribution in [0.3, 0.4) is 0 Å². The molecule has 5 nitrogen and oxygen atoms in total. The summed E-state index contributed by atoms with van der Waals surface area (Å²) in [5.41, 5.74) is 4.60. The number of hydrazone groups is 1. The maximum atomic E-state index is 11.7. The van der Waals surface area contributed by atoms with Crippen molar-refractivity contribution in [1.82, 2.24) is 5.43 Å². The zero-order valence-electron chi connectivity index (χ0n) is 12.3. The van der Waals surface area contributed by atoms with Crippen LogP contribution in [0.15, 0.2) is 41.5 Å². The van der Waals surface area contributed by atoms with E-state index in [0.29, 0.717) is 10.6 Å². The number of hydrogen-bond acceptors (Lipinski definition) is 4. The summed E-state index contributed by atoms with van der Waals surface area (Å²) in [5.74, 6) is -0.468. The lowest BCUT2D eigenvalue weighted by Crippen LogP contribution is -2.26. The first-order chi connectivity index (χ1) is 11.0. The third kappa shape index (κ3) is 4.87. The van der Waals surface area contributed by atoms with Gasteiger partial charge in [-0.15, -0.1) is 0 Å². The molecule has 0 bridgehead atoms. The summed E-state index contributed by atoms with van der Waals surface area (Å²) in [4.78, 5) is 11.7. The van der Waals surface area contributed by atoms with Crippen LogP contribution >= 0.6 is 23.2 Å². The molecule has 0 aliphatic heterocycles. The van der Waals surface area contributed by atoms with Gasteiger partial charge in [-0.1, -0.05) is 41.4 Å². The molecule has 0 heterocycles. The van der Waals surface area contributed by atoms with Crippen LogP contribution in [0.4, 0.5) is 5.69 Å². The van der Waals surface area contributed by atoms with E-state index in [2.05, 4.69) is 15.8 Å². The number of carbonyl (C=O) groups excluding carboxylic acids is 1. The maximum absolute atomic E-state index is 11.7. The summed E-state index contributed by atoms with van der Waals surface area (Å²) in [6.07, 6.45) is 1.28. The molecule has 0 unspecified atom stereocenters. The number of nitrogens with one attached hydrogen (secondary N) is 2. The molecule has 0 atom stereocenters. The van der Waals surface area contributed by atoms with E-state index in [1.165, 1.54) is 18.3 Å². The molecule has 0 fully saturated rings. The van der Waals surface area contributed by atoms with Gasteiger partial charge >= 0.3 is 0 Å². The highest BCUT2D eigenvalue weighted by Crippen LogP contribution is 2.29. The van der Waals surface area contributed by atoms with Gasteiger partial charge in [0.25, 0.3) is 5.91 Å². The predicted molar refractivity (Wildman–Crippen MR) is 93.5 cm³/mol. The SMILES string of the molecule is Cc1ccccc1NCC(=O)N/N=C/c1cc(Cl)cc(Cl)c1O. The standard InChI is InChI=1S/C16H15Cl2N3O2/c1-10-4-2-3-5-14(10)19-9-15(22)21-20-8-11-6-12(17)7-13(18)16(11)23/h2-8,19,23H,9H2,1H3,(H,21,22)/b20-8+. The summed E-state index contributed by atoms with van der Waals surface area (Å²) < 4.78 is 0. The minimum absolute atomic E-state index is 0.0739. The van der Waals surface area contributed by atoms with Crippen LogP contribution in [0, 0.1) is 6.92 Å². The molecule has 1 amide bonds. The molecular weight excluding hydrogens is 337 g/mol. The molecule has 0 aromatic heterocycles. The van der Waals surface area contributed by atoms with Crippen LogP contribution < -0.4 is 10.7 Å². The number of anilines is 1. The van der Waals surface area contributed by atoms with E-state index in [9.17, 15) is 9.90 Å². The number of phenols is 1. The van der Waals surface area contributed by atoms with Gasteiger partial charge in [0, 0.05) is 16.3 Å². The van der Waals surface area contributed by atoms with Crippen LogP contribution in [0.2, 0.25) is 10.0 Å². The summed E-state index contributed by atoms with van der Waals surface area (Å²) >= 11 is 11.6. The third-order valence-corrected chi connectivity index (χ3v) is 3.54. The summed E-state index contributed by atoms with van der Waals surface area (Å²) in [6, 6.07) is 10.6. The monoisotopic (exact) mass is 351 g/mol. The number of para-hydroxylation sites is 1. The van der Waals surface area contributed by atoms with E-state index in [1.807, 2.05) is 31.2 Å². The van der Waals surface area contributed by atoms with Crippen molar-refractivity contribution in [2.45, 2.75) is 6.92 Å². The largest absolute Gasteiger partial charge is 0.506 e. The van der Waals surface area contributed by atoms with Gasteiger partial charge in [0.05, 0.1) is 17.8 Å². The Hall–Kier alpha value is -2.24. The van der Waals surface area contributed by atoms with E-state index in [0.717, 1.165) is 11.3 Å². The zero-order chi connectivity index (χ0) is 16.8. The first-order valence-corrected chi connectivity index (χ1v) is 7.52. The molecule has 2 aromatic rings. The fraction of sp³-hybridized carbons (Fsp3) is 0.125. The van der Waals surface area contributed by atoms with Crippen LogP contribution in [-0.2, 0) is 4.79 Å². The van der Waals surface area contributed by atoms with Gasteiger partial charge < -0.3 is 10.4 Å². The molecule has 2 rings (SSSR count). The normalized spacial score (nSPS) is 10.7. The second-order valence-electron chi connectivity index (χ2n) is 4.79. The van der Waals surface area contributed by atoms with E-state index in [1.54, 1.807) is 0 Å². The zero-order valence-corrected chi connectivity index (χ0v) is 13.8. The minimum atomic E-state index is -0.322. The minimum Gasteiger partial charge on any atom is -0.506 e. The van der Waals surface area contributed by atoms with Gasteiger partial charge in [0.15, 0.2) is 0 Å². The Morgan fingerprint density at radius 1 is 1.30 bits per heavy atom. The van der Waals surface area contributed by atoms with Gasteiger partial charge in [0.1, 0.15) is 5.75 Å². The molecule has 0 saturated heterocycles. The number of amides is 1. The molecule has 3 N–H and O–H groups in total. The van der Waals surface area contributed by atoms with E-state index in [4.69, 9.17) is 23.2 Å². The number of rotatable bonds is 5. The Bertz CT molecular complexity index is 748. The van der Waals surface area contributed by atoms with Crippen molar-refractivity contribution >= 4 is 41.0 Å². The number of aryl methyl sites for hydroxylation is 1. The number of nitrogens with zero attached hydrogens (tertiary/aromatic N) is 1. The highest BCUT2D eigenvalue weighted by Gasteiger charge is 2.06. The third-order valence-electron chi connectivity index (χ3n) is 3.04. The van der Waals surface area contributed by atoms with Crippen molar-refractivity contribution in [2.24, 2.45) is 5.10 Å². The van der Waals surface area contributed by atoms with Crippen molar-refractivity contribution < 1.29 is 9.90 Å². The van der Waals surface area contributed by atoms with Crippen molar-refractivity contribution in [3.8, 4) is 5.75 Å². The Kier molecular flexibility index (Phi) is 5.84. The van der Waals surface area contributed by atoms with E-state index < -0.39 is 0 Å². The molecule has 0 aliphatic rings. The summed E-state index contributed by atoms with van der Waals surface area (Å²) in [5, 5.41) is 17.0. The van der Waals surface area contributed by atoms with Crippen molar-refractivity contribution in [3.63, 3.8) is 0 Å². The number of hydrogen-bond donors (Lipinski definition) is 3. The molecule has 120 valence electrons. The van der Waals surface area contributed by atoms with E-state index >= 15 is 0 Å². The van der Waals surface area contributed by atoms with Gasteiger partial charge in [-0.25, -0.2) is 5.43 Å². The number of aromatic hydroxyl groups is 1. The second-order valence-corrected chi connectivity index (χ2v) is 5.63. The lowest BCUT2D eigenvalue weighted by Gasteiger charge is -2.08. The summed E-state index contributed by atoms with van der Waals surface area (Å²) in [6.45, 7) is 2.02. The Morgan fingerprint density at radius 3 is 2.78 bits per heavy atom. The Morgan fingerprint density at radius 2 is 2.04 bits per heavy atom. The van der Waals surface area contributed by atoms with Crippen molar-refractivity contribution in [2.75, 3.05) is 11.9 Å². The van der Waals surface area contributed by atoms with Crippen LogP contribution in [0.5, 0.6) is 5.75 Å². The average Bonchev–Trinajstić information content (AvgIpc) is 2.51. The van der Waals surface area contributed by atoms with Crippen LogP contribution in [-0.4, -0.2) is 23.8 Å². The van der Waals surface area contributed by atoms with E-state index in [-0.39, 0.29) is 23.2 Å². The topological polar surface area (TPSA) is 73.7 Å². The molecule has 0 spiro atoms. The molecule has 0 radical (unpaired) electrons. The fourth-order valence-electron chi connectivity index (χ4n) is 1.84. The average molecular weight is 352 g/mol. The fourth-order valence-corrected chi connectivity index (χ4v) is 2.35. The molecule has 23 heavy (non-hydrogen) atoms. The van der Waals surface area contributed by atoms with Crippen molar-refractivity contribution in [1.29, 1.82) is 0 Å². The highest BCUT2D eigenvalue weighted by atomic mass is 35.5. The lowest BCUT2D eigenvalue weighted by molar-refractivity contribution is -0.119. The smallest absolute Gasteiger partial charge is 0.259 e. The number of halogens is 2. The molecule has 7 heteroatoms. The number of phenolic OH excluding ortho intramolecular Hbond substituents is 1. The highest BCUT2D eigenvalue weighted by molar-refractivity contribution is 6.36. The molecule has 0 saturated carbocycles. The van der Waals surface area contributed by atoms with Crippen LogP contribution in [0.1, 0.15) is 11.1 Å². The Balaban J connectivity index is 1.91. The quantitative estimate of drug-likeness (QED) is 0.569. The molecule has 2 aromatic carbocycles. The molecular formula is C16H15Cl2N3O2. The van der Waals surface area contributed by atoms with Gasteiger partial charge in [-0.05, 0) is 30.7 Å². The predicted octanol–water partition coefficient (Wildman–Crippen LogP) is 3.57. The summed E-state index contributed by atoms with van der Waals surface area (Å²) in [7, 11) is 0. The first-order valence-electron chi connectivity index (χ1n) is 6.77. The number of benzene rings is 2. The van der Waals surface area contributed by atoms with Gasteiger partial charge in [-0.2, -0.15) is 5.10 Å². The maximum Gasteiger partial charge on any atom is 0.259 e. The van der Waals surface area contributed by atoms with Crippen LogP contribution in [0.25, 0.3) is 0 Å². The Labute approximate surface area is 143 Å². The van der Waals surface area contributed by atoms with Gasteiger partial charge in [-0.3, -0.25) is 4.79 Å². The second kappa shape index (κ2) is 7.85. The number of carbonyl (C=O) groups is 1. The first kappa shape index (κ1) is 17.1. The molecule has 0 aliphatic carbocycles.